The van der Waals surface area contributed by atoms with E-state index in [1.54, 1.807) is 30.3 Å². The molecular formula is C12H6BrN3O. The van der Waals surface area contributed by atoms with Gasteiger partial charge >= 0.3 is 0 Å². The molecule has 0 spiro atoms. The predicted molar refractivity (Wildman–Crippen MR) is 64.5 cm³/mol. The van der Waals surface area contributed by atoms with E-state index in [2.05, 4.69) is 15.9 Å². The number of hydrogen-bond donors (Lipinski definition) is 0. The van der Waals surface area contributed by atoms with E-state index in [1.165, 1.54) is 6.08 Å². The second kappa shape index (κ2) is 6.33. The first-order chi connectivity index (χ1) is 8.21. The van der Waals surface area contributed by atoms with Crippen molar-refractivity contribution in [1.82, 2.24) is 0 Å². The fraction of sp³-hybridized carbons (Fsp3) is 0.0833. The van der Waals surface area contributed by atoms with Crippen molar-refractivity contribution in [1.29, 1.82) is 15.8 Å². The summed E-state index contributed by atoms with van der Waals surface area (Å²) in [5, 5.41) is 25.8. The van der Waals surface area contributed by atoms with Gasteiger partial charge in [0, 0.05) is 10.0 Å². The van der Waals surface area contributed by atoms with Crippen LogP contribution in [0.25, 0.3) is 6.08 Å². The van der Waals surface area contributed by atoms with E-state index in [9.17, 15) is 0 Å². The van der Waals surface area contributed by atoms with Gasteiger partial charge in [0.1, 0.15) is 29.5 Å². The number of hydrogen-bond acceptors (Lipinski definition) is 4. The number of nitrogens with zero attached hydrogens (tertiary/aromatic N) is 3. The third kappa shape index (κ3) is 3.65. The van der Waals surface area contributed by atoms with E-state index < -0.39 is 0 Å². The fourth-order valence-electron chi connectivity index (χ4n) is 1.12. The van der Waals surface area contributed by atoms with Crippen LogP contribution in [0.4, 0.5) is 0 Å². The van der Waals surface area contributed by atoms with Crippen molar-refractivity contribution in [3.63, 3.8) is 0 Å². The predicted octanol–water partition coefficient (Wildman–Crippen LogP) is 2.78. The Labute approximate surface area is 107 Å². The van der Waals surface area contributed by atoms with Crippen molar-refractivity contribution < 1.29 is 4.74 Å². The van der Waals surface area contributed by atoms with Crippen LogP contribution in [0.1, 0.15) is 5.56 Å². The molecule has 0 heterocycles. The SMILES string of the molecule is N#CCOc1ccc(Br)cc1C=C(C#N)C#N. The number of nitriles is 3. The molecule has 17 heavy (non-hydrogen) atoms. The largest absolute Gasteiger partial charge is 0.478 e. The maximum atomic E-state index is 8.68. The van der Waals surface area contributed by atoms with Crippen molar-refractivity contribution in [3.05, 3.63) is 33.8 Å². The summed E-state index contributed by atoms with van der Waals surface area (Å²) >= 11 is 3.28. The number of rotatable bonds is 3. The van der Waals surface area contributed by atoms with E-state index in [0.717, 1.165) is 4.47 Å². The molecule has 1 rings (SSSR count). The Morgan fingerprint density at radius 1 is 1.29 bits per heavy atom. The van der Waals surface area contributed by atoms with Gasteiger partial charge in [0.2, 0.25) is 0 Å². The zero-order valence-electron chi connectivity index (χ0n) is 8.64. The lowest BCUT2D eigenvalue weighted by Crippen LogP contribution is -1.95. The number of benzene rings is 1. The normalized spacial score (nSPS) is 8.35. The second-order valence-corrected chi connectivity index (χ2v) is 3.83. The molecular weight excluding hydrogens is 282 g/mol. The van der Waals surface area contributed by atoms with Crippen molar-refractivity contribution in [2.45, 2.75) is 0 Å². The molecule has 0 fully saturated rings. The van der Waals surface area contributed by atoms with Crippen LogP contribution in [-0.4, -0.2) is 6.61 Å². The summed E-state index contributed by atoms with van der Waals surface area (Å²) in [6, 6.07) is 10.5. The minimum atomic E-state index is -0.0864. The average molecular weight is 288 g/mol. The molecule has 0 saturated heterocycles. The molecule has 0 unspecified atom stereocenters. The Hall–Kier alpha value is -2.29. The van der Waals surface area contributed by atoms with Crippen LogP contribution in [0.15, 0.2) is 28.2 Å². The maximum absolute atomic E-state index is 8.68. The lowest BCUT2D eigenvalue weighted by Gasteiger charge is -2.06. The molecule has 0 aromatic heterocycles. The minimum Gasteiger partial charge on any atom is -0.478 e. The summed E-state index contributed by atoms with van der Waals surface area (Å²) in [5.74, 6) is 0.456. The van der Waals surface area contributed by atoms with Gasteiger partial charge in [0.25, 0.3) is 0 Å². The lowest BCUT2D eigenvalue weighted by atomic mass is 10.1. The molecule has 0 aliphatic carbocycles. The standard InChI is InChI=1S/C12H6BrN3O/c13-11-1-2-12(17-4-3-14)10(6-11)5-9(7-15)8-16/h1-2,5-6H,4H2. The second-order valence-electron chi connectivity index (χ2n) is 2.91. The molecule has 0 bridgehead atoms. The molecule has 4 nitrogen and oxygen atoms in total. The molecule has 82 valence electrons. The fourth-order valence-corrected chi connectivity index (χ4v) is 1.50. The van der Waals surface area contributed by atoms with Crippen LogP contribution in [0, 0.1) is 34.0 Å². The van der Waals surface area contributed by atoms with E-state index in [-0.39, 0.29) is 12.2 Å². The van der Waals surface area contributed by atoms with Crippen molar-refractivity contribution >= 4 is 22.0 Å². The summed E-state index contributed by atoms with van der Waals surface area (Å²) < 4.78 is 5.98. The first-order valence-corrected chi connectivity index (χ1v) is 5.31. The van der Waals surface area contributed by atoms with Gasteiger partial charge in [-0.15, -0.1) is 0 Å². The minimum absolute atomic E-state index is 0.0232. The molecule has 0 amide bonds. The van der Waals surface area contributed by atoms with Crippen molar-refractivity contribution in [3.8, 4) is 24.0 Å². The third-order valence-electron chi connectivity index (χ3n) is 1.80. The molecule has 0 radical (unpaired) electrons. The van der Waals surface area contributed by atoms with Gasteiger partial charge in [-0.1, -0.05) is 15.9 Å². The van der Waals surface area contributed by atoms with Gasteiger partial charge in [0.15, 0.2) is 6.61 Å². The summed E-state index contributed by atoms with van der Waals surface area (Å²) in [5.41, 5.74) is 0.553. The summed E-state index contributed by atoms with van der Waals surface area (Å²) in [6.45, 7) is -0.0864. The molecule has 1 aromatic rings. The van der Waals surface area contributed by atoms with Crippen LogP contribution in [0.5, 0.6) is 5.75 Å². The van der Waals surface area contributed by atoms with Crippen LogP contribution < -0.4 is 4.74 Å². The molecule has 0 N–H and O–H groups in total. The Morgan fingerprint density at radius 3 is 2.59 bits per heavy atom. The van der Waals surface area contributed by atoms with E-state index in [1.807, 2.05) is 6.07 Å². The number of ether oxygens (including phenoxy) is 1. The van der Waals surface area contributed by atoms with Gasteiger partial charge < -0.3 is 4.74 Å². The number of halogens is 1. The highest BCUT2D eigenvalue weighted by molar-refractivity contribution is 9.10. The zero-order chi connectivity index (χ0) is 12.7. The van der Waals surface area contributed by atoms with Crippen molar-refractivity contribution in [2.24, 2.45) is 0 Å². The monoisotopic (exact) mass is 287 g/mol. The molecule has 0 aliphatic heterocycles. The molecule has 0 atom stereocenters. The average Bonchev–Trinajstić information content (AvgIpc) is 2.35. The Balaban J connectivity index is 3.18. The van der Waals surface area contributed by atoms with Gasteiger partial charge in [-0.25, -0.2) is 0 Å². The Morgan fingerprint density at radius 2 is 2.00 bits per heavy atom. The van der Waals surface area contributed by atoms with Gasteiger partial charge in [-0.2, -0.15) is 15.8 Å². The summed E-state index contributed by atoms with van der Waals surface area (Å²) in [7, 11) is 0. The molecule has 1 aromatic carbocycles. The summed E-state index contributed by atoms with van der Waals surface area (Å²) in [4.78, 5) is 0. The van der Waals surface area contributed by atoms with Gasteiger partial charge in [-0.3, -0.25) is 0 Å². The Bertz CT molecular complexity index is 557. The van der Waals surface area contributed by atoms with Crippen LogP contribution in [0.3, 0.4) is 0 Å². The first kappa shape index (κ1) is 12.8. The smallest absolute Gasteiger partial charge is 0.174 e. The molecule has 0 aliphatic rings. The van der Waals surface area contributed by atoms with Gasteiger partial charge in [0.05, 0.1) is 0 Å². The third-order valence-corrected chi connectivity index (χ3v) is 2.30. The van der Waals surface area contributed by atoms with Gasteiger partial charge in [-0.05, 0) is 24.3 Å². The highest BCUT2D eigenvalue weighted by atomic mass is 79.9. The number of allylic oxidation sites excluding steroid dienone is 1. The van der Waals surface area contributed by atoms with Crippen LogP contribution in [0.2, 0.25) is 0 Å². The Kier molecular flexibility index (Phi) is 4.76. The molecule has 0 saturated carbocycles. The van der Waals surface area contributed by atoms with Crippen LogP contribution in [-0.2, 0) is 0 Å². The maximum Gasteiger partial charge on any atom is 0.174 e. The topological polar surface area (TPSA) is 80.6 Å². The quantitative estimate of drug-likeness (QED) is 0.801. The van der Waals surface area contributed by atoms with E-state index in [4.69, 9.17) is 20.5 Å². The first-order valence-electron chi connectivity index (χ1n) is 4.52. The summed E-state index contributed by atoms with van der Waals surface area (Å²) in [6.07, 6.45) is 1.41. The van der Waals surface area contributed by atoms with Crippen molar-refractivity contribution in [2.75, 3.05) is 6.61 Å². The van der Waals surface area contributed by atoms with E-state index >= 15 is 0 Å². The molecule has 5 heteroatoms. The van der Waals surface area contributed by atoms with E-state index in [0.29, 0.717) is 11.3 Å². The zero-order valence-corrected chi connectivity index (χ0v) is 10.2. The lowest BCUT2D eigenvalue weighted by molar-refractivity contribution is 0.367. The highest BCUT2D eigenvalue weighted by Gasteiger charge is 2.04. The highest BCUT2D eigenvalue weighted by Crippen LogP contribution is 2.25. The van der Waals surface area contributed by atoms with Crippen LogP contribution >= 0.6 is 15.9 Å².